The minimum atomic E-state index is 0.0191. The summed E-state index contributed by atoms with van der Waals surface area (Å²) in [6.07, 6.45) is 0. The van der Waals surface area contributed by atoms with Gasteiger partial charge in [0.1, 0.15) is 0 Å². The van der Waals surface area contributed by atoms with Crippen LogP contribution < -0.4 is 5.73 Å². The van der Waals surface area contributed by atoms with Crippen LogP contribution in [-0.2, 0) is 0 Å². The lowest BCUT2D eigenvalue weighted by molar-refractivity contribution is 0.881. The molecule has 0 aliphatic heterocycles. The standard InChI is InChI=1S/C13H15NS/c1-9-5-6-11(10(2)8-9)13(14)12-4-3-7-15-12/h3-8,13H,14H2,1-2H3/t13-/m0/s1. The monoisotopic (exact) mass is 217 g/mol. The van der Waals surface area contributed by atoms with Crippen LogP contribution in [0.5, 0.6) is 0 Å². The topological polar surface area (TPSA) is 26.0 Å². The van der Waals surface area contributed by atoms with Crippen LogP contribution >= 0.6 is 11.3 Å². The molecule has 0 amide bonds. The Kier molecular flexibility index (Phi) is 2.89. The van der Waals surface area contributed by atoms with E-state index in [1.54, 1.807) is 11.3 Å². The molecule has 1 nitrogen and oxygen atoms in total. The summed E-state index contributed by atoms with van der Waals surface area (Å²) >= 11 is 1.71. The maximum atomic E-state index is 6.22. The maximum absolute atomic E-state index is 6.22. The van der Waals surface area contributed by atoms with E-state index in [1.165, 1.54) is 21.6 Å². The molecule has 2 heteroatoms. The van der Waals surface area contributed by atoms with Crippen molar-refractivity contribution in [2.24, 2.45) is 5.73 Å². The van der Waals surface area contributed by atoms with E-state index in [9.17, 15) is 0 Å². The van der Waals surface area contributed by atoms with Crippen molar-refractivity contribution in [1.29, 1.82) is 0 Å². The van der Waals surface area contributed by atoms with Crippen molar-refractivity contribution in [3.05, 3.63) is 57.3 Å². The van der Waals surface area contributed by atoms with Gasteiger partial charge in [-0.05, 0) is 36.4 Å². The smallest absolute Gasteiger partial charge is 0.0648 e. The van der Waals surface area contributed by atoms with Crippen molar-refractivity contribution in [3.63, 3.8) is 0 Å². The molecule has 1 aromatic heterocycles. The second-order valence-electron chi connectivity index (χ2n) is 3.85. The minimum Gasteiger partial charge on any atom is -0.320 e. The van der Waals surface area contributed by atoms with E-state index in [-0.39, 0.29) is 6.04 Å². The lowest BCUT2D eigenvalue weighted by Crippen LogP contribution is -2.11. The summed E-state index contributed by atoms with van der Waals surface area (Å²) < 4.78 is 0. The largest absolute Gasteiger partial charge is 0.320 e. The molecule has 0 saturated heterocycles. The van der Waals surface area contributed by atoms with Crippen LogP contribution in [0.2, 0.25) is 0 Å². The fourth-order valence-electron chi connectivity index (χ4n) is 1.80. The second kappa shape index (κ2) is 4.17. The van der Waals surface area contributed by atoms with Crippen LogP contribution in [0.4, 0.5) is 0 Å². The Labute approximate surface area is 94.6 Å². The Morgan fingerprint density at radius 3 is 2.60 bits per heavy atom. The highest BCUT2D eigenvalue weighted by Crippen LogP contribution is 2.26. The molecule has 0 bridgehead atoms. The Morgan fingerprint density at radius 1 is 1.20 bits per heavy atom. The lowest BCUT2D eigenvalue weighted by Gasteiger charge is -2.13. The molecule has 0 spiro atoms. The first-order valence-corrected chi connectivity index (χ1v) is 5.92. The van der Waals surface area contributed by atoms with Crippen LogP contribution in [0.3, 0.4) is 0 Å². The van der Waals surface area contributed by atoms with Gasteiger partial charge in [-0.3, -0.25) is 0 Å². The molecule has 0 fully saturated rings. The summed E-state index contributed by atoms with van der Waals surface area (Å²) in [7, 11) is 0. The third kappa shape index (κ3) is 2.11. The van der Waals surface area contributed by atoms with E-state index in [1.807, 2.05) is 6.07 Å². The van der Waals surface area contributed by atoms with Gasteiger partial charge in [0.25, 0.3) is 0 Å². The van der Waals surface area contributed by atoms with E-state index in [0.29, 0.717) is 0 Å². The van der Waals surface area contributed by atoms with E-state index < -0.39 is 0 Å². The van der Waals surface area contributed by atoms with Gasteiger partial charge in [0.05, 0.1) is 6.04 Å². The summed E-state index contributed by atoms with van der Waals surface area (Å²) in [5, 5.41) is 2.07. The fraction of sp³-hybridized carbons (Fsp3) is 0.231. The van der Waals surface area contributed by atoms with Gasteiger partial charge in [-0.25, -0.2) is 0 Å². The zero-order valence-electron chi connectivity index (χ0n) is 9.03. The van der Waals surface area contributed by atoms with Crippen LogP contribution in [0.25, 0.3) is 0 Å². The first kappa shape index (κ1) is 10.4. The highest BCUT2D eigenvalue weighted by atomic mass is 32.1. The molecular weight excluding hydrogens is 202 g/mol. The zero-order chi connectivity index (χ0) is 10.8. The third-order valence-electron chi connectivity index (χ3n) is 2.61. The molecule has 1 atom stereocenters. The van der Waals surface area contributed by atoms with E-state index in [4.69, 9.17) is 5.73 Å². The van der Waals surface area contributed by atoms with Gasteiger partial charge in [-0.1, -0.05) is 29.8 Å². The van der Waals surface area contributed by atoms with Gasteiger partial charge < -0.3 is 5.73 Å². The highest BCUT2D eigenvalue weighted by molar-refractivity contribution is 7.10. The van der Waals surface area contributed by atoms with Crippen molar-refractivity contribution in [3.8, 4) is 0 Å². The van der Waals surface area contributed by atoms with E-state index in [0.717, 1.165) is 0 Å². The molecule has 2 aromatic rings. The molecule has 0 aliphatic carbocycles. The highest BCUT2D eigenvalue weighted by Gasteiger charge is 2.11. The van der Waals surface area contributed by atoms with Crippen LogP contribution in [0.15, 0.2) is 35.7 Å². The summed E-state index contributed by atoms with van der Waals surface area (Å²) in [6, 6.07) is 10.6. The second-order valence-corrected chi connectivity index (χ2v) is 4.83. The quantitative estimate of drug-likeness (QED) is 0.819. The van der Waals surface area contributed by atoms with Crippen molar-refractivity contribution in [1.82, 2.24) is 0 Å². The van der Waals surface area contributed by atoms with E-state index in [2.05, 4.69) is 43.5 Å². The average Bonchev–Trinajstić information content (AvgIpc) is 2.69. The molecule has 0 saturated carbocycles. The summed E-state index contributed by atoms with van der Waals surface area (Å²) in [5.41, 5.74) is 10.0. The Balaban J connectivity index is 2.38. The Morgan fingerprint density at radius 2 is 2.00 bits per heavy atom. The Bertz CT molecular complexity index is 446. The van der Waals surface area contributed by atoms with Gasteiger partial charge in [-0.2, -0.15) is 0 Å². The number of benzene rings is 1. The predicted molar refractivity (Wildman–Crippen MR) is 66.3 cm³/mol. The maximum Gasteiger partial charge on any atom is 0.0648 e. The molecule has 15 heavy (non-hydrogen) atoms. The number of aryl methyl sites for hydroxylation is 2. The molecule has 1 heterocycles. The molecule has 0 aliphatic rings. The average molecular weight is 217 g/mol. The summed E-state index contributed by atoms with van der Waals surface area (Å²) in [4.78, 5) is 1.22. The molecular formula is C13H15NS. The number of hydrogen-bond acceptors (Lipinski definition) is 2. The first-order chi connectivity index (χ1) is 7.18. The summed E-state index contributed by atoms with van der Waals surface area (Å²) in [5.74, 6) is 0. The number of rotatable bonds is 2. The van der Waals surface area contributed by atoms with Crippen molar-refractivity contribution in [2.75, 3.05) is 0 Å². The number of hydrogen-bond donors (Lipinski definition) is 1. The third-order valence-corrected chi connectivity index (χ3v) is 3.57. The normalized spacial score (nSPS) is 12.7. The Hall–Kier alpha value is -1.12. The minimum absolute atomic E-state index is 0.0191. The SMILES string of the molecule is Cc1ccc([C@H](N)c2cccs2)c(C)c1. The van der Waals surface area contributed by atoms with Crippen LogP contribution in [0.1, 0.15) is 27.6 Å². The van der Waals surface area contributed by atoms with Gasteiger partial charge in [-0.15, -0.1) is 11.3 Å². The predicted octanol–water partition coefficient (Wildman–Crippen LogP) is 3.41. The first-order valence-electron chi connectivity index (χ1n) is 5.04. The molecule has 0 radical (unpaired) electrons. The van der Waals surface area contributed by atoms with Crippen molar-refractivity contribution < 1.29 is 0 Å². The molecule has 0 unspecified atom stereocenters. The molecule has 2 N–H and O–H groups in total. The van der Waals surface area contributed by atoms with Crippen molar-refractivity contribution >= 4 is 11.3 Å². The molecule has 2 rings (SSSR count). The molecule has 78 valence electrons. The van der Waals surface area contributed by atoms with Gasteiger partial charge in [0, 0.05) is 4.88 Å². The van der Waals surface area contributed by atoms with Gasteiger partial charge >= 0.3 is 0 Å². The van der Waals surface area contributed by atoms with Gasteiger partial charge in [0.2, 0.25) is 0 Å². The van der Waals surface area contributed by atoms with Gasteiger partial charge in [0.15, 0.2) is 0 Å². The fourth-order valence-corrected chi connectivity index (χ4v) is 2.54. The van der Waals surface area contributed by atoms with Crippen LogP contribution in [0, 0.1) is 13.8 Å². The summed E-state index contributed by atoms with van der Waals surface area (Å²) in [6.45, 7) is 4.23. The van der Waals surface area contributed by atoms with E-state index >= 15 is 0 Å². The number of thiophene rings is 1. The van der Waals surface area contributed by atoms with Crippen LogP contribution in [-0.4, -0.2) is 0 Å². The lowest BCUT2D eigenvalue weighted by atomic mass is 9.99. The molecule has 1 aromatic carbocycles. The number of nitrogens with two attached hydrogens (primary N) is 1. The zero-order valence-corrected chi connectivity index (χ0v) is 9.84. The van der Waals surface area contributed by atoms with Crippen molar-refractivity contribution in [2.45, 2.75) is 19.9 Å².